The average Bonchev–Trinajstić information content (AvgIpc) is 2.35. The summed E-state index contributed by atoms with van der Waals surface area (Å²) in [5.41, 5.74) is 0.936. The van der Waals surface area contributed by atoms with Gasteiger partial charge >= 0.3 is 0 Å². The fraction of sp³-hybridized carbons (Fsp3) is 0.364. The molecular weight excluding hydrogens is 256 g/mol. The van der Waals surface area contributed by atoms with Crippen molar-refractivity contribution in [1.82, 2.24) is 15.2 Å². The van der Waals surface area contributed by atoms with Gasteiger partial charge in [-0.15, -0.1) is 0 Å². The molecule has 1 heterocycles. The van der Waals surface area contributed by atoms with Crippen molar-refractivity contribution in [3.63, 3.8) is 0 Å². The Morgan fingerprint density at radius 3 is 2.83 bits per heavy atom. The van der Waals surface area contributed by atoms with E-state index in [0.29, 0.717) is 24.1 Å². The summed E-state index contributed by atoms with van der Waals surface area (Å²) in [6.45, 7) is 3.10. The van der Waals surface area contributed by atoms with Crippen LogP contribution in [0.1, 0.15) is 12.5 Å². The zero-order chi connectivity index (χ0) is 13.5. The second-order valence-corrected chi connectivity index (χ2v) is 3.94. The standard InChI is InChI=1S/C11H15ClN4O2/c1-3-15(11(13-2)8-16(17)18)7-9-4-5-10(12)14-6-9/h4-6,8,13H,3,7H2,1-2H3/b11-8+. The zero-order valence-electron chi connectivity index (χ0n) is 10.3. The second-order valence-electron chi connectivity index (χ2n) is 3.55. The highest BCUT2D eigenvalue weighted by Crippen LogP contribution is 2.10. The summed E-state index contributed by atoms with van der Waals surface area (Å²) in [6, 6.07) is 3.54. The summed E-state index contributed by atoms with van der Waals surface area (Å²) in [7, 11) is 1.65. The molecule has 0 radical (unpaired) electrons. The van der Waals surface area contributed by atoms with Crippen molar-refractivity contribution in [3.05, 3.63) is 51.2 Å². The molecule has 1 aromatic heterocycles. The maximum Gasteiger partial charge on any atom is 0.274 e. The van der Waals surface area contributed by atoms with Gasteiger partial charge in [-0.1, -0.05) is 17.7 Å². The van der Waals surface area contributed by atoms with E-state index >= 15 is 0 Å². The molecular formula is C11H15ClN4O2. The molecule has 0 aliphatic carbocycles. The third-order valence-electron chi connectivity index (χ3n) is 2.37. The first-order valence-corrected chi connectivity index (χ1v) is 5.83. The first-order chi connectivity index (χ1) is 8.56. The van der Waals surface area contributed by atoms with Crippen molar-refractivity contribution in [2.24, 2.45) is 0 Å². The Hall–Kier alpha value is -1.82. The van der Waals surface area contributed by atoms with E-state index in [-0.39, 0.29) is 0 Å². The number of rotatable bonds is 6. The summed E-state index contributed by atoms with van der Waals surface area (Å²) in [4.78, 5) is 15.9. The minimum atomic E-state index is -0.478. The first-order valence-electron chi connectivity index (χ1n) is 5.45. The van der Waals surface area contributed by atoms with Crippen LogP contribution in [-0.4, -0.2) is 28.4 Å². The van der Waals surface area contributed by atoms with Crippen LogP contribution in [0.5, 0.6) is 0 Å². The minimum Gasteiger partial charge on any atom is -0.370 e. The Bertz CT molecular complexity index is 433. The van der Waals surface area contributed by atoms with Gasteiger partial charge in [-0.2, -0.15) is 0 Å². The summed E-state index contributed by atoms with van der Waals surface area (Å²) < 4.78 is 0. The maximum absolute atomic E-state index is 10.5. The highest BCUT2D eigenvalue weighted by atomic mass is 35.5. The summed E-state index contributed by atoms with van der Waals surface area (Å²) in [5.74, 6) is 0.456. The van der Waals surface area contributed by atoms with Gasteiger partial charge in [0.2, 0.25) is 0 Å². The zero-order valence-corrected chi connectivity index (χ0v) is 11.0. The molecule has 0 atom stereocenters. The lowest BCUT2D eigenvalue weighted by Crippen LogP contribution is -2.30. The van der Waals surface area contributed by atoms with E-state index in [1.807, 2.05) is 17.9 Å². The number of nitrogens with one attached hydrogen (secondary N) is 1. The number of aromatic nitrogens is 1. The number of nitro groups is 1. The van der Waals surface area contributed by atoms with Gasteiger partial charge in [-0.25, -0.2) is 4.98 Å². The van der Waals surface area contributed by atoms with Crippen molar-refractivity contribution in [2.45, 2.75) is 13.5 Å². The highest BCUT2D eigenvalue weighted by molar-refractivity contribution is 6.29. The van der Waals surface area contributed by atoms with Gasteiger partial charge in [-0.05, 0) is 18.6 Å². The number of hydrogen-bond acceptors (Lipinski definition) is 5. The molecule has 0 saturated carbocycles. The quantitative estimate of drug-likeness (QED) is 0.485. The lowest BCUT2D eigenvalue weighted by molar-refractivity contribution is -0.404. The summed E-state index contributed by atoms with van der Waals surface area (Å²) >= 11 is 5.70. The van der Waals surface area contributed by atoms with E-state index in [2.05, 4.69) is 10.3 Å². The summed E-state index contributed by atoms with van der Waals surface area (Å²) in [6.07, 6.45) is 2.61. The van der Waals surface area contributed by atoms with Gasteiger partial charge in [0.1, 0.15) is 5.15 Å². The lowest BCUT2D eigenvalue weighted by atomic mass is 10.2. The van der Waals surface area contributed by atoms with E-state index in [1.54, 1.807) is 19.3 Å². The molecule has 1 N–H and O–H groups in total. The van der Waals surface area contributed by atoms with Crippen LogP contribution in [0.2, 0.25) is 5.15 Å². The van der Waals surface area contributed by atoms with Crippen molar-refractivity contribution < 1.29 is 4.92 Å². The third kappa shape index (κ3) is 4.21. The molecule has 18 heavy (non-hydrogen) atoms. The van der Waals surface area contributed by atoms with Gasteiger partial charge in [0.05, 0.1) is 4.92 Å². The number of halogens is 1. The van der Waals surface area contributed by atoms with Crippen molar-refractivity contribution in [1.29, 1.82) is 0 Å². The molecule has 0 aliphatic heterocycles. The van der Waals surface area contributed by atoms with Crippen LogP contribution in [0.4, 0.5) is 0 Å². The molecule has 0 unspecified atom stereocenters. The molecule has 0 aliphatic rings. The predicted octanol–water partition coefficient (Wildman–Crippen LogP) is 1.85. The third-order valence-corrected chi connectivity index (χ3v) is 2.59. The molecule has 0 aromatic carbocycles. The van der Waals surface area contributed by atoms with Crippen LogP contribution in [0.3, 0.4) is 0 Å². The lowest BCUT2D eigenvalue weighted by Gasteiger charge is -2.23. The Labute approximate surface area is 110 Å². The smallest absolute Gasteiger partial charge is 0.274 e. The SMILES string of the molecule is CCN(Cc1ccc(Cl)nc1)/C(=C/[N+](=O)[O-])NC. The van der Waals surface area contributed by atoms with Crippen LogP contribution < -0.4 is 5.32 Å². The molecule has 0 spiro atoms. The minimum absolute atomic E-state index is 0.427. The average molecular weight is 271 g/mol. The fourth-order valence-corrected chi connectivity index (χ4v) is 1.60. The topological polar surface area (TPSA) is 71.3 Å². The predicted molar refractivity (Wildman–Crippen MR) is 69.5 cm³/mol. The normalized spacial score (nSPS) is 11.2. The summed E-state index contributed by atoms with van der Waals surface area (Å²) in [5, 5.41) is 13.8. The molecule has 0 fully saturated rings. The van der Waals surface area contributed by atoms with Crippen molar-refractivity contribution >= 4 is 11.6 Å². The van der Waals surface area contributed by atoms with Gasteiger partial charge < -0.3 is 10.2 Å². The fourth-order valence-electron chi connectivity index (χ4n) is 1.49. The van der Waals surface area contributed by atoms with E-state index in [1.165, 1.54) is 0 Å². The van der Waals surface area contributed by atoms with Crippen molar-refractivity contribution in [2.75, 3.05) is 13.6 Å². The Kier molecular flexibility index (Phi) is 5.38. The van der Waals surface area contributed by atoms with Crippen LogP contribution in [0.25, 0.3) is 0 Å². The van der Waals surface area contributed by atoms with Crippen LogP contribution in [0, 0.1) is 10.1 Å². The number of nitrogens with zero attached hydrogens (tertiary/aromatic N) is 3. The Morgan fingerprint density at radius 2 is 2.39 bits per heavy atom. The highest BCUT2D eigenvalue weighted by Gasteiger charge is 2.11. The van der Waals surface area contributed by atoms with E-state index in [4.69, 9.17) is 11.6 Å². The molecule has 6 nitrogen and oxygen atoms in total. The van der Waals surface area contributed by atoms with Crippen LogP contribution in [0.15, 0.2) is 30.4 Å². The monoisotopic (exact) mass is 270 g/mol. The van der Waals surface area contributed by atoms with E-state index in [9.17, 15) is 10.1 Å². The van der Waals surface area contributed by atoms with Crippen LogP contribution in [-0.2, 0) is 6.54 Å². The van der Waals surface area contributed by atoms with Gasteiger partial charge in [0.15, 0.2) is 5.82 Å². The molecule has 98 valence electrons. The van der Waals surface area contributed by atoms with Gasteiger partial charge in [0, 0.05) is 26.3 Å². The molecule has 1 aromatic rings. The molecule has 0 saturated heterocycles. The molecule has 7 heteroatoms. The van der Waals surface area contributed by atoms with Gasteiger partial charge in [-0.3, -0.25) is 10.1 Å². The molecule has 0 bridgehead atoms. The second kappa shape index (κ2) is 6.80. The molecule has 0 amide bonds. The Balaban J connectivity index is 2.83. The van der Waals surface area contributed by atoms with Crippen LogP contribution >= 0.6 is 11.6 Å². The Morgan fingerprint density at radius 1 is 1.67 bits per heavy atom. The maximum atomic E-state index is 10.5. The van der Waals surface area contributed by atoms with Crippen molar-refractivity contribution in [3.8, 4) is 0 Å². The van der Waals surface area contributed by atoms with Gasteiger partial charge in [0.25, 0.3) is 6.20 Å². The number of hydrogen-bond donors (Lipinski definition) is 1. The largest absolute Gasteiger partial charge is 0.370 e. The first kappa shape index (κ1) is 14.2. The number of pyridine rings is 1. The molecule has 1 rings (SSSR count). The van der Waals surface area contributed by atoms with E-state index < -0.39 is 4.92 Å². The van der Waals surface area contributed by atoms with E-state index in [0.717, 1.165) is 11.8 Å².